The first-order valence-corrected chi connectivity index (χ1v) is 5.91. The van der Waals surface area contributed by atoms with Crippen molar-refractivity contribution in [3.05, 3.63) is 63.2 Å². The van der Waals surface area contributed by atoms with E-state index in [1.165, 1.54) is 18.3 Å². The van der Waals surface area contributed by atoms with Gasteiger partial charge in [0.15, 0.2) is 0 Å². The topological polar surface area (TPSA) is 41.8 Å². The molecule has 0 aromatic heterocycles. The van der Waals surface area contributed by atoms with Crippen molar-refractivity contribution >= 4 is 33.5 Å². The van der Waals surface area contributed by atoms with Gasteiger partial charge in [0, 0.05) is 16.3 Å². The zero-order chi connectivity index (χ0) is 13.0. The number of halogens is 2. The summed E-state index contributed by atoms with van der Waals surface area (Å²) in [5, 5.41) is 2.92. The van der Waals surface area contributed by atoms with Gasteiger partial charge < -0.3 is 0 Å². The van der Waals surface area contributed by atoms with Gasteiger partial charge in [0.25, 0.3) is 0 Å². The van der Waals surface area contributed by atoms with Crippen molar-refractivity contribution in [3.63, 3.8) is 0 Å². The Labute approximate surface area is 111 Å². The summed E-state index contributed by atoms with van der Waals surface area (Å²) in [6, 6.07) is 10.8. The third kappa shape index (κ3) is 3.07. The first-order valence-electron chi connectivity index (χ1n) is 5.11. The van der Waals surface area contributed by atoms with Gasteiger partial charge in [-0.15, -0.1) is 4.91 Å². The van der Waals surface area contributed by atoms with Crippen LogP contribution in [0.15, 0.2) is 57.1 Å². The first-order chi connectivity index (χ1) is 8.69. The first kappa shape index (κ1) is 12.6. The van der Waals surface area contributed by atoms with E-state index in [-0.39, 0.29) is 5.82 Å². The van der Waals surface area contributed by atoms with E-state index < -0.39 is 0 Å². The maximum absolute atomic E-state index is 12.7. The second kappa shape index (κ2) is 5.64. The quantitative estimate of drug-likeness (QED) is 0.596. The SMILES string of the molecule is O=Nc1ccc(Br)cc1C=Nc1ccc(F)cc1. The Hall–Kier alpha value is -1.88. The van der Waals surface area contributed by atoms with Gasteiger partial charge in [-0.1, -0.05) is 15.9 Å². The summed E-state index contributed by atoms with van der Waals surface area (Å²) >= 11 is 3.31. The fourth-order valence-electron chi connectivity index (χ4n) is 1.38. The number of hydrogen-bond donors (Lipinski definition) is 0. The van der Waals surface area contributed by atoms with Crippen LogP contribution in [0.1, 0.15) is 5.56 Å². The number of nitroso groups, excluding NO2 is 1. The van der Waals surface area contributed by atoms with E-state index in [0.29, 0.717) is 16.9 Å². The zero-order valence-electron chi connectivity index (χ0n) is 9.18. The molecule has 2 rings (SSSR count). The van der Waals surface area contributed by atoms with E-state index in [4.69, 9.17) is 0 Å². The Bertz CT molecular complexity index is 596. The Morgan fingerprint density at radius 3 is 2.50 bits per heavy atom. The Kier molecular flexibility index (Phi) is 3.94. The molecule has 2 aromatic rings. The lowest BCUT2D eigenvalue weighted by Gasteiger charge is -1.98. The summed E-state index contributed by atoms with van der Waals surface area (Å²) in [5.41, 5.74) is 1.51. The summed E-state index contributed by atoms with van der Waals surface area (Å²) in [6.07, 6.45) is 1.52. The van der Waals surface area contributed by atoms with Gasteiger partial charge >= 0.3 is 0 Å². The summed E-state index contributed by atoms with van der Waals surface area (Å²) in [5.74, 6) is -0.313. The molecule has 0 amide bonds. The number of rotatable bonds is 3. The monoisotopic (exact) mass is 306 g/mol. The fraction of sp³-hybridized carbons (Fsp3) is 0. The molecule has 0 fully saturated rings. The van der Waals surface area contributed by atoms with E-state index in [9.17, 15) is 9.30 Å². The second-order valence-electron chi connectivity index (χ2n) is 3.53. The molecule has 0 heterocycles. The third-order valence-electron chi connectivity index (χ3n) is 2.27. The molecule has 0 atom stereocenters. The lowest BCUT2D eigenvalue weighted by molar-refractivity contribution is 0.628. The number of nitrogens with zero attached hydrogens (tertiary/aromatic N) is 2. The van der Waals surface area contributed by atoms with Crippen molar-refractivity contribution in [1.82, 2.24) is 0 Å². The molecule has 0 unspecified atom stereocenters. The predicted octanol–water partition coefficient (Wildman–Crippen LogP) is 4.74. The number of aliphatic imine (C=N–C) groups is 1. The molecule has 5 heteroatoms. The highest BCUT2D eigenvalue weighted by molar-refractivity contribution is 9.10. The minimum Gasteiger partial charge on any atom is -0.256 e. The average molecular weight is 307 g/mol. The molecule has 0 N–H and O–H groups in total. The molecule has 0 aliphatic rings. The maximum Gasteiger partial charge on any atom is 0.123 e. The molecule has 2 aromatic carbocycles. The highest BCUT2D eigenvalue weighted by Gasteiger charge is 2.01. The third-order valence-corrected chi connectivity index (χ3v) is 2.76. The minimum atomic E-state index is -0.313. The molecule has 0 saturated heterocycles. The van der Waals surface area contributed by atoms with Crippen LogP contribution < -0.4 is 0 Å². The Morgan fingerprint density at radius 2 is 1.83 bits per heavy atom. The van der Waals surface area contributed by atoms with Crippen molar-refractivity contribution in [2.24, 2.45) is 10.2 Å². The minimum absolute atomic E-state index is 0.309. The maximum atomic E-state index is 12.7. The summed E-state index contributed by atoms with van der Waals surface area (Å²) in [4.78, 5) is 14.8. The fourth-order valence-corrected chi connectivity index (χ4v) is 1.76. The van der Waals surface area contributed by atoms with Crippen molar-refractivity contribution in [3.8, 4) is 0 Å². The average Bonchev–Trinajstić information content (AvgIpc) is 2.38. The molecule has 0 aliphatic heterocycles. The van der Waals surface area contributed by atoms with Gasteiger partial charge in [-0.3, -0.25) is 4.99 Å². The van der Waals surface area contributed by atoms with Crippen molar-refractivity contribution in [1.29, 1.82) is 0 Å². The highest BCUT2D eigenvalue weighted by Crippen LogP contribution is 2.22. The molecule has 0 spiro atoms. The van der Waals surface area contributed by atoms with Crippen LogP contribution in [0, 0.1) is 10.7 Å². The summed E-state index contributed by atoms with van der Waals surface area (Å²) in [6.45, 7) is 0. The molecular formula is C13H8BrFN2O. The van der Waals surface area contributed by atoms with Crippen molar-refractivity contribution in [2.75, 3.05) is 0 Å². The zero-order valence-corrected chi connectivity index (χ0v) is 10.8. The van der Waals surface area contributed by atoms with Gasteiger partial charge in [0.2, 0.25) is 0 Å². The lowest BCUT2D eigenvalue weighted by Crippen LogP contribution is -1.82. The van der Waals surface area contributed by atoms with E-state index >= 15 is 0 Å². The molecule has 0 saturated carbocycles. The Morgan fingerprint density at radius 1 is 1.11 bits per heavy atom. The van der Waals surface area contributed by atoms with Crippen LogP contribution in [0.4, 0.5) is 15.8 Å². The molecular weight excluding hydrogens is 299 g/mol. The van der Waals surface area contributed by atoms with Gasteiger partial charge in [0.1, 0.15) is 11.5 Å². The summed E-state index contributed by atoms with van der Waals surface area (Å²) in [7, 11) is 0. The lowest BCUT2D eigenvalue weighted by atomic mass is 10.2. The number of hydrogen-bond acceptors (Lipinski definition) is 3. The predicted molar refractivity (Wildman–Crippen MR) is 73.3 cm³/mol. The normalized spacial score (nSPS) is 10.8. The standard InChI is InChI=1S/C13H8BrFN2O/c14-10-1-6-13(17-18)9(7-10)8-16-12-4-2-11(15)3-5-12/h1-8H. The molecule has 0 aliphatic carbocycles. The van der Waals surface area contributed by atoms with Gasteiger partial charge in [-0.05, 0) is 47.6 Å². The molecule has 3 nitrogen and oxygen atoms in total. The molecule has 0 radical (unpaired) electrons. The molecule has 18 heavy (non-hydrogen) atoms. The van der Waals surface area contributed by atoms with Crippen LogP contribution in [0.3, 0.4) is 0 Å². The molecule has 90 valence electrons. The van der Waals surface area contributed by atoms with Gasteiger partial charge in [0.05, 0.1) is 5.69 Å². The van der Waals surface area contributed by atoms with E-state index in [0.717, 1.165) is 4.47 Å². The second-order valence-corrected chi connectivity index (χ2v) is 4.44. The van der Waals surface area contributed by atoms with E-state index in [1.807, 2.05) is 0 Å². The van der Waals surface area contributed by atoms with Crippen LogP contribution >= 0.6 is 15.9 Å². The van der Waals surface area contributed by atoms with E-state index in [1.54, 1.807) is 30.3 Å². The van der Waals surface area contributed by atoms with Crippen LogP contribution in [0.25, 0.3) is 0 Å². The Balaban J connectivity index is 2.30. The van der Waals surface area contributed by atoms with Crippen LogP contribution in [-0.2, 0) is 0 Å². The summed E-state index contributed by atoms with van der Waals surface area (Å²) < 4.78 is 13.5. The van der Waals surface area contributed by atoms with Crippen molar-refractivity contribution < 1.29 is 4.39 Å². The van der Waals surface area contributed by atoms with Crippen LogP contribution in [0.5, 0.6) is 0 Å². The largest absolute Gasteiger partial charge is 0.256 e. The van der Waals surface area contributed by atoms with Gasteiger partial charge in [-0.25, -0.2) is 4.39 Å². The van der Waals surface area contributed by atoms with E-state index in [2.05, 4.69) is 26.1 Å². The smallest absolute Gasteiger partial charge is 0.123 e. The van der Waals surface area contributed by atoms with Crippen LogP contribution in [-0.4, -0.2) is 6.21 Å². The van der Waals surface area contributed by atoms with Crippen LogP contribution in [0.2, 0.25) is 0 Å². The van der Waals surface area contributed by atoms with Gasteiger partial charge in [-0.2, -0.15) is 0 Å². The molecule has 0 bridgehead atoms. The van der Waals surface area contributed by atoms with Crippen molar-refractivity contribution in [2.45, 2.75) is 0 Å². The number of benzene rings is 2. The highest BCUT2D eigenvalue weighted by atomic mass is 79.9.